The van der Waals surface area contributed by atoms with Crippen LogP contribution >= 0.6 is 0 Å². The van der Waals surface area contributed by atoms with Crippen molar-refractivity contribution < 1.29 is 0 Å². The zero-order valence-electron chi connectivity index (χ0n) is 14.8. The lowest BCUT2D eigenvalue weighted by Crippen LogP contribution is -2.47. The molecule has 2 aliphatic rings. The molecule has 0 aromatic heterocycles. The van der Waals surface area contributed by atoms with E-state index < -0.39 is 0 Å². The normalized spacial score (nSPS) is 19.2. The van der Waals surface area contributed by atoms with Gasteiger partial charge in [0.25, 0.3) is 0 Å². The smallest absolute Gasteiger partial charge is 0.0481 e. The SMILES string of the molecule is C=CCN(CC=C)C(CN1CCNCC1)c1ccc2c(c1)CCC2. The molecule has 3 rings (SSSR count). The Morgan fingerprint density at radius 3 is 2.50 bits per heavy atom. The Balaban J connectivity index is 1.84. The molecule has 1 saturated heterocycles. The maximum Gasteiger partial charge on any atom is 0.0481 e. The molecule has 3 nitrogen and oxygen atoms in total. The van der Waals surface area contributed by atoms with E-state index in [2.05, 4.69) is 46.5 Å². The van der Waals surface area contributed by atoms with Gasteiger partial charge >= 0.3 is 0 Å². The predicted octanol–water partition coefficient (Wildman–Crippen LogP) is 2.80. The number of benzene rings is 1. The highest BCUT2D eigenvalue weighted by Gasteiger charge is 2.24. The minimum Gasteiger partial charge on any atom is -0.314 e. The van der Waals surface area contributed by atoms with E-state index >= 15 is 0 Å². The first-order valence-electron chi connectivity index (χ1n) is 9.32. The molecule has 1 aromatic carbocycles. The van der Waals surface area contributed by atoms with Crippen LogP contribution < -0.4 is 5.32 Å². The number of hydrogen-bond acceptors (Lipinski definition) is 3. The standard InChI is InChI=1S/C21H31N3/c1-3-12-24(13-4-2)21(17-23-14-10-22-11-15-23)20-9-8-18-6-5-7-19(18)16-20/h3-4,8-9,16,21-22H,1-2,5-7,10-15,17H2. The Morgan fingerprint density at radius 1 is 1.08 bits per heavy atom. The first-order valence-corrected chi connectivity index (χ1v) is 9.32. The second-order valence-corrected chi connectivity index (χ2v) is 6.98. The summed E-state index contributed by atoms with van der Waals surface area (Å²) in [6.45, 7) is 15.3. The average Bonchev–Trinajstić information content (AvgIpc) is 3.08. The summed E-state index contributed by atoms with van der Waals surface area (Å²) in [5.41, 5.74) is 4.58. The number of hydrogen-bond donors (Lipinski definition) is 1. The number of fused-ring (bicyclic) bond motifs is 1. The second kappa shape index (κ2) is 8.61. The highest BCUT2D eigenvalue weighted by atomic mass is 15.2. The van der Waals surface area contributed by atoms with Crippen LogP contribution in [0.15, 0.2) is 43.5 Å². The molecule has 1 fully saturated rings. The van der Waals surface area contributed by atoms with Gasteiger partial charge in [-0.3, -0.25) is 9.80 Å². The molecular weight excluding hydrogens is 294 g/mol. The molecule has 1 aromatic rings. The molecule has 1 heterocycles. The first-order chi connectivity index (χ1) is 11.8. The van der Waals surface area contributed by atoms with Crippen LogP contribution in [0.1, 0.15) is 29.2 Å². The monoisotopic (exact) mass is 325 g/mol. The second-order valence-electron chi connectivity index (χ2n) is 6.98. The third-order valence-corrected chi connectivity index (χ3v) is 5.32. The Kier molecular flexibility index (Phi) is 6.24. The van der Waals surface area contributed by atoms with E-state index in [9.17, 15) is 0 Å². The van der Waals surface area contributed by atoms with Crippen LogP contribution in [0.4, 0.5) is 0 Å². The number of aryl methyl sites for hydroxylation is 2. The van der Waals surface area contributed by atoms with E-state index in [0.29, 0.717) is 6.04 Å². The van der Waals surface area contributed by atoms with E-state index in [1.165, 1.54) is 24.8 Å². The van der Waals surface area contributed by atoms with Gasteiger partial charge in [-0.2, -0.15) is 0 Å². The van der Waals surface area contributed by atoms with Crippen LogP contribution in [0, 0.1) is 0 Å². The fourth-order valence-electron chi connectivity index (χ4n) is 4.03. The molecule has 24 heavy (non-hydrogen) atoms. The molecular formula is C21H31N3. The van der Waals surface area contributed by atoms with Crippen molar-refractivity contribution in [2.45, 2.75) is 25.3 Å². The van der Waals surface area contributed by atoms with Crippen LogP contribution in [-0.2, 0) is 12.8 Å². The molecule has 0 amide bonds. The van der Waals surface area contributed by atoms with Gasteiger partial charge in [0.2, 0.25) is 0 Å². The first kappa shape index (κ1) is 17.4. The maximum absolute atomic E-state index is 3.96. The summed E-state index contributed by atoms with van der Waals surface area (Å²) in [7, 11) is 0. The van der Waals surface area contributed by atoms with Gasteiger partial charge < -0.3 is 5.32 Å². The zero-order chi connectivity index (χ0) is 16.8. The number of nitrogens with one attached hydrogen (secondary N) is 1. The van der Waals surface area contributed by atoms with Crippen molar-refractivity contribution >= 4 is 0 Å². The van der Waals surface area contributed by atoms with Crippen LogP contribution in [0.25, 0.3) is 0 Å². The topological polar surface area (TPSA) is 18.5 Å². The Hall–Kier alpha value is -1.42. The molecule has 1 aliphatic heterocycles. The van der Waals surface area contributed by atoms with Gasteiger partial charge in [-0.25, -0.2) is 0 Å². The highest BCUT2D eigenvalue weighted by Crippen LogP contribution is 2.29. The van der Waals surface area contributed by atoms with Gasteiger partial charge in [-0.15, -0.1) is 13.2 Å². The van der Waals surface area contributed by atoms with Crippen molar-refractivity contribution in [3.8, 4) is 0 Å². The van der Waals surface area contributed by atoms with Gasteiger partial charge in [-0.05, 0) is 36.0 Å². The van der Waals surface area contributed by atoms with Crippen molar-refractivity contribution in [1.82, 2.24) is 15.1 Å². The summed E-state index contributed by atoms with van der Waals surface area (Å²) in [6.07, 6.45) is 7.83. The molecule has 0 radical (unpaired) electrons. The summed E-state index contributed by atoms with van der Waals surface area (Å²) >= 11 is 0. The largest absolute Gasteiger partial charge is 0.314 e. The van der Waals surface area contributed by atoms with E-state index in [1.54, 1.807) is 11.1 Å². The number of rotatable bonds is 8. The quantitative estimate of drug-likeness (QED) is 0.742. The Labute approximate surface area is 147 Å². The van der Waals surface area contributed by atoms with Crippen molar-refractivity contribution in [3.63, 3.8) is 0 Å². The molecule has 0 saturated carbocycles. The molecule has 3 heteroatoms. The molecule has 0 bridgehead atoms. The van der Waals surface area contributed by atoms with Crippen molar-refractivity contribution in [2.75, 3.05) is 45.8 Å². The predicted molar refractivity (Wildman–Crippen MR) is 102 cm³/mol. The molecule has 1 N–H and O–H groups in total. The molecule has 1 unspecified atom stereocenters. The molecule has 0 spiro atoms. The third kappa shape index (κ3) is 4.15. The van der Waals surface area contributed by atoms with Crippen molar-refractivity contribution in [3.05, 3.63) is 60.2 Å². The minimum absolute atomic E-state index is 0.407. The van der Waals surface area contributed by atoms with E-state index in [0.717, 1.165) is 45.8 Å². The Morgan fingerprint density at radius 2 is 1.79 bits per heavy atom. The van der Waals surface area contributed by atoms with E-state index in [-0.39, 0.29) is 0 Å². The minimum atomic E-state index is 0.407. The van der Waals surface area contributed by atoms with Gasteiger partial charge in [0.15, 0.2) is 0 Å². The third-order valence-electron chi connectivity index (χ3n) is 5.32. The molecule has 130 valence electrons. The summed E-state index contributed by atoms with van der Waals surface area (Å²) in [5.74, 6) is 0. The van der Waals surface area contributed by atoms with Crippen LogP contribution in [0.2, 0.25) is 0 Å². The summed E-state index contributed by atoms with van der Waals surface area (Å²) in [4.78, 5) is 5.09. The van der Waals surface area contributed by atoms with Crippen LogP contribution in [-0.4, -0.2) is 55.6 Å². The summed E-state index contributed by atoms with van der Waals surface area (Å²) < 4.78 is 0. The van der Waals surface area contributed by atoms with Gasteiger partial charge in [0.1, 0.15) is 0 Å². The Bertz CT molecular complexity index is 550. The molecule has 1 aliphatic carbocycles. The lowest BCUT2D eigenvalue weighted by molar-refractivity contribution is 0.148. The highest BCUT2D eigenvalue weighted by molar-refractivity contribution is 5.37. The fourth-order valence-corrected chi connectivity index (χ4v) is 4.03. The van der Waals surface area contributed by atoms with Gasteiger partial charge in [-0.1, -0.05) is 30.4 Å². The van der Waals surface area contributed by atoms with Crippen molar-refractivity contribution in [2.24, 2.45) is 0 Å². The van der Waals surface area contributed by atoms with Crippen molar-refractivity contribution in [1.29, 1.82) is 0 Å². The number of piperazine rings is 1. The lowest BCUT2D eigenvalue weighted by atomic mass is 9.99. The van der Waals surface area contributed by atoms with Gasteiger partial charge in [0, 0.05) is 51.9 Å². The lowest BCUT2D eigenvalue weighted by Gasteiger charge is -2.36. The van der Waals surface area contributed by atoms with E-state index in [1.807, 2.05) is 12.2 Å². The van der Waals surface area contributed by atoms with E-state index in [4.69, 9.17) is 0 Å². The number of nitrogens with zero attached hydrogens (tertiary/aromatic N) is 2. The van der Waals surface area contributed by atoms with Crippen LogP contribution in [0.5, 0.6) is 0 Å². The zero-order valence-corrected chi connectivity index (χ0v) is 14.8. The molecule has 1 atom stereocenters. The fraction of sp³-hybridized carbons (Fsp3) is 0.524. The van der Waals surface area contributed by atoms with Gasteiger partial charge in [0.05, 0.1) is 0 Å². The summed E-state index contributed by atoms with van der Waals surface area (Å²) in [6, 6.07) is 7.59. The maximum atomic E-state index is 3.96. The van der Waals surface area contributed by atoms with Crippen LogP contribution in [0.3, 0.4) is 0 Å². The average molecular weight is 326 g/mol. The summed E-state index contributed by atoms with van der Waals surface area (Å²) in [5, 5.41) is 3.45.